The molecule has 0 heterocycles. The summed E-state index contributed by atoms with van der Waals surface area (Å²) in [5, 5.41) is 17.9. The van der Waals surface area contributed by atoms with Crippen LogP contribution < -0.4 is 0 Å². The van der Waals surface area contributed by atoms with Gasteiger partial charge >= 0.3 is 0 Å². The van der Waals surface area contributed by atoms with Gasteiger partial charge in [0.2, 0.25) is 0 Å². The summed E-state index contributed by atoms with van der Waals surface area (Å²) in [7, 11) is 0. The quantitative estimate of drug-likeness (QED) is 0.644. The molecule has 0 bridgehead atoms. The molecule has 2 heteroatoms. The van der Waals surface area contributed by atoms with Crippen LogP contribution in [0.15, 0.2) is 0 Å². The summed E-state index contributed by atoms with van der Waals surface area (Å²) in [6.07, 6.45) is 2.84. The van der Waals surface area contributed by atoms with Gasteiger partial charge in [-0.05, 0) is 31.6 Å². The van der Waals surface area contributed by atoms with Crippen molar-refractivity contribution in [2.45, 2.75) is 46.1 Å². The molecular weight excluding hydrogens is 152 g/mol. The Morgan fingerprint density at radius 3 is 2.00 bits per heavy atom. The molecule has 0 aromatic rings. The monoisotopic (exact) mass is 174 g/mol. The molecule has 0 aromatic heterocycles. The van der Waals surface area contributed by atoms with Crippen LogP contribution in [0.2, 0.25) is 0 Å². The van der Waals surface area contributed by atoms with Crippen LogP contribution in [0.4, 0.5) is 0 Å². The average molecular weight is 174 g/mol. The third-order valence-corrected chi connectivity index (χ3v) is 2.56. The second-order valence-electron chi connectivity index (χ2n) is 3.91. The Labute approximate surface area is 75.6 Å². The Balaban J connectivity index is 3.40. The van der Waals surface area contributed by atoms with Crippen molar-refractivity contribution in [1.29, 1.82) is 0 Å². The van der Waals surface area contributed by atoms with E-state index in [1.807, 2.05) is 6.92 Å². The van der Waals surface area contributed by atoms with E-state index in [0.717, 1.165) is 19.3 Å². The molecule has 0 fully saturated rings. The second-order valence-corrected chi connectivity index (χ2v) is 3.91. The first-order chi connectivity index (χ1) is 5.57. The number of aliphatic hydroxyl groups excluding tert-OH is 2. The van der Waals surface area contributed by atoms with E-state index in [-0.39, 0.29) is 12.7 Å². The minimum absolute atomic E-state index is 0.202. The molecule has 74 valence electrons. The van der Waals surface area contributed by atoms with E-state index >= 15 is 0 Å². The van der Waals surface area contributed by atoms with Gasteiger partial charge in [-0.25, -0.2) is 0 Å². The molecule has 12 heavy (non-hydrogen) atoms. The molecule has 0 aliphatic carbocycles. The van der Waals surface area contributed by atoms with Crippen LogP contribution in [0, 0.1) is 11.8 Å². The van der Waals surface area contributed by atoms with Gasteiger partial charge in [0, 0.05) is 6.61 Å². The largest absolute Gasteiger partial charge is 0.396 e. The first kappa shape index (κ1) is 11.9. The normalized spacial score (nSPS) is 18.8. The molecule has 0 saturated heterocycles. The summed E-state index contributed by atoms with van der Waals surface area (Å²) in [5.41, 5.74) is 0. The first-order valence-corrected chi connectivity index (χ1v) is 4.86. The number of aliphatic hydroxyl groups is 2. The van der Waals surface area contributed by atoms with E-state index in [4.69, 9.17) is 5.11 Å². The summed E-state index contributed by atoms with van der Waals surface area (Å²) in [5.74, 6) is 0.961. The van der Waals surface area contributed by atoms with Crippen LogP contribution in [0.1, 0.15) is 40.0 Å². The highest BCUT2D eigenvalue weighted by molar-refractivity contribution is 4.61. The lowest BCUT2D eigenvalue weighted by molar-refractivity contribution is 0.124. The molecule has 0 radical (unpaired) electrons. The highest BCUT2D eigenvalue weighted by atomic mass is 16.3. The summed E-state index contributed by atoms with van der Waals surface area (Å²) in [6, 6.07) is 0. The van der Waals surface area contributed by atoms with Gasteiger partial charge in [-0.2, -0.15) is 0 Å². The fraction of sp³-hybridized carbons (Fsp3) is 1.00. The lowest BCUT2D eigenvalue weighted by Crippen LogP contribution is -2.14. The SMILES string of the molecule is CC(CCO)CCC(C)C(C)O. The van der Waals surface area contributed by atoms with Crippen molar-refractivity contribution in [3.63, 3.8) is 0 Å². The molecule has 3 atom stereocenters. The predicted octanol–water partition coefficient (Wildman–Crippen LogP) is 1.80. The van der Waals surface area contributed by atoms with E-state index in [1.165, 1.54) is 0 Å². The van der Waals surface area contributed by atoms with Gasteiger partial charge in [0.15, 0.2) is 0 Å². The van der Waals surface area contributed by atoms with Crippen LogP contribution in [0.25, 0.3) is 0 Å². The topological polar surface area (TPSA) is 40.5 Å². The van der Waals surface area contributed by atoms with E-state index in [9.17, 15) is 5.11 Å². The van der Waals surface area contributed by atoms with Gasteiger partial charge in [0.1, 0.15) is 0 Å². The minimum atomic E-state index is -0.202. The van der Waals surface area contributed by atoms with Crippen molar-refractivity contribution in [1.82, 2.24) is 0 Å². The maximum Gasteiger partial charge on any atom is 0.0537 e. The molecule has 2 N–H and O–H groups in total. The lowest BCUT2D eigenvalue weighted by atomic mass is 9.93. The fourth-order valence-corrected chi connectivity index (χ4v) is 1.15. The van der Waals surface area contributed by atoms with E-state index < -0.39 is 0 Å². The highest BCUT2D eigenvalue weighted by Gasteiger charge is 2.10. The zero-order chi connectivity index (χ0) is 9.56. The van der Waals surface area contributed by atoms with Crippen LogP contribution in [-0.2, 0) is 0 Å². The van der Waals surface area contributed by atoms with E-state index in [0.29, 0.717) is 11.8 Å². The van der Waals surface area contributed by atoms with Crippen molar-refractivity contribution in [3.8, 4) is 0 Å². The zero-order valence-corrected chi connectivity index (χ0v) is 8.45. The van der Waals surface area contributed by atoms with Gasteiger partial charge in [-0.15, -0.1) is 0 Å². The Hall–Kier alpha value is -0.0800. The third-order valence-electron chi connectivity index (χ3n) is 2.56. The van der Waals surface area contributed by atoms with Gasteiger partial charge in [0.25, 0.3) is 0 Å². The highest BCUT2D eigenvalue weighted by Crippen LogP contribution is 2.16. The van der Waals surface area contributed by atoms with Gasteiger partial charge < -0.3 is 10.2 Å². The smallest absolute Gasteiger partial charge is 0.0537 e. The summed E-state index contributed by atoms with van der Waals surface area (Å²) in [6.45, 7) is 6.33. The molecule has 0 amide bonds. The number of hydrogen-bond donors (Lipinski definition) is 2. The van der Waals surface area contributed by atoms with E-state index in [2.05, 4.69) is 13.8 Å². The van der Waals surface area contributed by atoms with Crippen LogP contribution in [0.3, 0.4) is 0 Å². The average Bonchev–Trinajstić information content (AvgIpc) is 2.00. The molecule has 0 aliphatic heterocycles. The predicted molar refractivity (Wildman–Crippen MR) is 50.9 cm³/mol. The van der Waals surface area contributed by atoms with Crippen molar-refractivity contribution >= 4 is 0 Å². The molecule has 0 aliphatic rings. The van der Waals surface area contributed by atoms with Crippen molar-refractivity contribution in [3.05, 3.63) is 0 Å². The summed E-state index contributed by atoms with van der Waals surface area (Å²) in [4.78, 5) is 0. The van der Waals surface area contributed by atoms with Gasteiger partial charge in [-0.1, -0.05) is 20.3 Å². The molecule has 0 saturated carbocycles. The van der Waals surface area contributed by atoms with Crippen molar-refractivity contribution < 1.29 is 10.2 Å². The first-order valence-electron chi connectivity index (χ1n) is 4.86. The molecule has 2 nitrogen and oxygen atoms in total. The standard InChI is InChI=1S/C10H22O2/c1-8(6-7-11)4-5-9(2)10(3)12/h8-12H,4-7H2,1-3H3. The second kappa shape index (κ2) is 6.44. The van der Waals surface area contributed by atoms with Crippen LogP contribution in [0.5, 0.6) is 0 Å². The zero-order valence-electron chi connectivity index (χ0n) is 8.45. The van der Waals surface area contributed by atoms with Crippen LogP contribution in [-0.4, -0.2) is 22.9 Å². The lowest BCUT2D eigenvalue weighted by Gasteiger charge is -2.16. The Bertz CT molecular complexity index is 102. The van der Waals surface area contributed by atoms with Crippen molar-refractivity contribution in [2.75, 3.05) is 6.61 Å². The molecule has 0 aromatic carbocycles. The molecule has 3 unspecified atom stereocenters. The summed E-state index contributed by atoms with van der Waals surface area (Å²) >= 11 is 0. The fourth-order valence-electron chi connectivity index (χ4n) is 1.15. The molecule has 0 spiro atoms. The van der Waals surface area contributed by atoms with Gasteiger partial charge in [-0.3, -0.25) is 0 Å². The Morgan fingerprint density at radius 2 is 1.58 bits per heavy atom. The third kappa shape index (κ3) is 5.56. The Morgan fingerprint density at radius 1 is 1.00 bits per heavy atom. The van der Waals surface area contributed by atoms with Crippen molar-refractivity contribution in [2.24, 2.45) is 11.8 Å². The molecule has 0 rings (SSSR count). The minimum Gasteiger partial charge on any atom is -0.396 e. The maximum atomic E-state index is 9.21. The van der Waals surface area contributed by atoms with Crippen LogP contribution >= 0.6 is 0 Å². The number of hydrogen-bond acceptors (Lipinski definition) is 2. The molecular formula is C10H22O2. The van der Waals surface area contributed by atoms with Gasteiger partial charge in [0.05, 0.1) is 6.10 Å². The maximum absolute atomic E-state index is 9.21. The van der Waals surface area contributed by atoms with E-state index in [1.54, 1.807) is 0 Å². The Kier molecular flexibility index (Phi) is 6.39. The summed E-state index contributed by atoms with van der Waals surface area (Å²) < 4.78 is 0. The number of rotatable bonds is 6.